The van der Waals surface area contributed by atoms with E-state index in [1.165, 1.54) is 12.0 Å². The first-order valence-corrected chi connectivity index (χ1v) is 6.49. The van der Waals surface area contributed by atoms with Gasteiger partial charge in [0.15, 0.2) is 0 Å². The molecule has 0 fully saturated rings. The Morgan fingerprint density at radius 1 is 1.19 bits per heavy atom. The number of halogens is 1. The summed E-state index contributed by atoms with van der Waals surface area (Å²) in [5, 5.41) is 4.31. The van der Waals surface area contributed by atoms with Crippen molar-refractivity contribution in [3.63, 3.8) is 0 Å². The minimum absolute atomic E-state index is 0.573. The van der Waals surface area contributed by atoms with Crippen LogP contribution in [0, 0.1) is 5.92 Å². The summed E-state index contributed by atoms with van der Waals surface area (Å²) in [5.74, 6) is 1.22. The number of benzene rings is 1. The predicted octanol–water partition coefficient (Wildman–Crippen LogP) is 4.08. The molecule has 0 aromatic heterocycles. The lowest BCUT2D eigenvalue weighted by Gasteiger charge is -2.22. The first-order chi connectivity index (χ1) is 7.65. The number of hydrogen-bond acceptors (Lipinski definition) is 1. The van der Waals surface area contributed by atoms with E-state index in [2.05, 4.69) is 38.2 Å². The summed E-state index contributed by atoms with van der Waals surface area (Å²) in [7, 11) is 0. The molecule has 1 unspecified atom stereocenters. The van der Waals surface area contributed by atoms with Gasteiger partial charge in [0.1, 0.15) is 0 Å². The summed E-state index contributed by atoms with van der Waals surface area (Å²) in [4.78, 5) is 0. The van der Waals surface area contributed by atoms with Gasteiger partial charge in [-0.15, -0.1) is 0 Å². The fraction of sp³-hybridized carbons (Fsp3) is 0.571. The Bertz CT molecular complexity index is 292. The SMILES string of the molecule is CCCNCC(c1ccc(Cl)cc1)C(C)C. The molecule has 1 aromatic rings. The Hall–Kier alpha value is -0.530. The minimum Gasteiger partial charge on any atom is -0.316 e. The standard InChI is InChI=1S/C14H22ClN/c1-4-9-16-10-14(11(2)3)12-5-7-13(15)8-6-12/h5-8,11,14,16H,4,9-10H2,1-3H3. The molecule has 1 rings (SSSR count). The predicted molar refractivity (Wildman–Crippen MR) is 72.2 cm³/mol. The van der Waals surface area contributed by atoms with Crippen molar-refractivity contribution < 1.29 is 0 Å². The molecule has 0 amide bonds. The van der Waals surface area contributed by atoms with Crippen LogP contribution in [0.1, 0.15) is 38.7 Å². The molecule has 1 N–H and O–H groups in total. The van der Waals surface area contributed by atoms with Crippen molar-refractivity contribution in [3.05, 3.63) is 34.9 Å². The van der Waals surface area contributed by atoms with Crippen LogP contribution in [0.3, 0.4) is 0 Å². The van der Waals surface area contributed by atoms with E-state index in [4.69, 9.17) is 11.6 Å². The average molecular weight is 240 g/mol. The van der Waals surface area contributed by atoms with Crippen LogP contribution in [0.15, 0.2) is 24.3 Å². The highest BCUT2D eigenvalue weighted by Gasteiger charge is 2.14. The highest BCUT2D eigenvalue weighted by Crippen LogP contribution is 2.24. The quantitative estimate of drug-likeness (QED) is 0.738. The second-order valence-electron chi connectivity index (χ2n) is 4.61. The van der Waals surface area contributed by atoms with E-state index in [1.54, 1.807) is 0 Å². The Morgan fingerprint density at radius 2 is 1.81 bits per heavy atom. The second kappa shape index (κ2) is 6.93. The van der Waals surface area contributed by atoms with E-state index in [1.807, 2.05) is 12.1 Å². The smallest absolute Gasteiger partial charge is 0.0406 e. The van der Waals surface area contributed by atoms with Gasteiger partial charge in [-0.05, 0) is 42.5 Å². The Kier molecular flexibility index (Phi) is 5.86. The molecule has 0 radical (unpaired) electrons. The maximum absolute atomic E-state index is 5.91. The van der Waals surface area contributed by atoms with Crippen LogP contribution in [-0.4, -0.2) is 13.1 Å². The van der Waals surface area contributed by atoms with E-state index in [0.717, 1.165) is 18.1 Å². The molecule has 0 saturated carbocycles. The highest BCUT2D eigenvalue weighted by molar-refractivity contribution is 6.30. The van der Waals surface area contributed by atoms with Gasteiger partial charge in [-0.1, -0.05) is 44.5 Å². The molecule has 1 atom stereocenters. The normalized spacial score (nSPS) is 13.1. The largest absolute Gasteiger partial charge is 0.316 e. The molecule has 0 heterocycles. The molecule has 0 aliphatic heterocycles. The maximum Gasteiger partial charge on any atom is 0.0406 e. The first kappa shape index (κ1) is 13.5. The van der Waals surface area contributed by atoms with Crippen molar-refractivity contribution in [1.29, 1.82) is 0 Å². The number of nitrogens with one attached hydrogen (secondary N) is 1. The van der Waals surface area contributed by atoms with E-state index < -0.39 is 0 Å². The monoisotopic (exact) mass is 239 g/mol. The van der Waals surface area contributed by atoms with Gasteiger partial charge < -0.3 is 5.32 Å². The fourth-order valence-corrected chi connectivity index (χ4v) is 2.01. The zero-order valence-electron chi connectivity index (χ0n) is 10.5. The molecule has 0 bridgehead atoms. The summed E-state index contributed by atoms with van der Waals surface area (Å²) >= 11 is 5.91. The summed E-state index contributed by atoms with van der Waals surface area (Å²) in [6.45, 7) is 8.88. The molecule has 90 valence electrons. The van der Waals surface area contributed by atoms with Crippen molar-refractivity contribution >= 4 is 11.6 Å². The minimum atomic E-state index is 0.573. The van der Waals surface area contributed by atoms with Gasteiger partial charge in [0, 0.05) is 11.6 Å². The molecule has 2 heteroatoms. The van der Waals surface area contributed by atoms with Crippen molar-refractivity contribution in [2.75, 3.05) is 13.1 Å². The van der Waals surface area contributed by atoms with Crippen LogP contribution in [0.2, 0.25) is 5.02 Å². The third kappa shape index (κ3) is 4.15. The Morgan fingerprint density at radius 3 is 2.31 bits per heavy atom. The zero-order valence-corrected chi connectivity index (χ0v) is 11.2. The van der Waals surface area contributed by atoms with Gasteiger partial charge in [-0.2, -0.15) is 0 Å². The zero-order chi connectivity index (χ0) is 12.0. The van der Waals surface area contributed by atoms with Gasteiger partial charge in [-0.25, -0.2) is 0 Å². The summed E-state index contributed by atoms with van der Waals surface area (Å²) in [6, 6.07) is 8.24. The second-order valence-corrected chi connectivity index (χ2v) is 5.04. The molecule has 0 saturated heterocycles. The summed E-state index contributed by atoms with van der Waals surface area (Å²) < 4.78 is 0. The molecule has 16 heavy (non-hydrogen) atoms. The van der Waals surface area contributed by atoms with Gasteiger partial charge in [0.05, 0.1) is 0 Å². The van der Waals surface area contributed by atoms with Crippen molar-refractivity contribution in [2.45, 2.75) is 33.1 Å². The number of hydrogen-bond donors (Lipinski definition) is 1. The third-order valence-corrected chi connectivity index (χ3v) is 3.15. The summed E-state index contributed by atoms with van der Waals surface area (Å²) in [5.41, 5.74) is 1.38. The van der Waals surface area contributed by atoms with Crippen molar-refractivity contribution in [3.8, 4) is 0 Å². The molecular formula is C14H22ClN. The molecular weight excluding hydrogens is 218 g/mol. The van der Waals surface area contributed by atoms with Crippen LogP contribution < -0.4 is 5.32 Å². The van der Waals surface area contributed by atoms with Crippen molar-refractivity contribution in [1.82, 2.24) is 5.32 Å². The molecule has 1 aromatic carbocycles. The molecule has 1 nitrogen and oxygen atoms in total. The Labute approximate surface area is 104 Å². The van der Waals surface area contributed by atoms with Gasteiger partial charge in [-0.3, -0.25) is 0 Å². The topological polar surface area (TPSA) is 12.0 Å². The molecule has 0 aliphatic rings. The summed E-state index contributed by atoms with van der Waals surface area (Å²) in [6.07, 6.45) is 1.19. The van der Waals surface area contributed by atoms with Gasteiger partial charge in [0.2, 0.25) is 0 Å². The molecule has 0 aliphatic carbocycles. The lowest BCUT2D eigenvalue weighted by molar-refractivity contribution is 0.462. The van der Waals surface area contributed by atoms with Gasteiger partial charge in [0.25, 0.3) is 0 Å². The van der Waals surface area contributed by atoms with Crippen LogP contribution in [0.4, 0.5) is 0 Å². The molecule has 0 spiro atoms. The lowest BCUT2D eigenvalue weighted by atomic mass is 9.88. The van der Waals surface area contributed by atoms with E-state index in [9.17, 15) is 0 Å². The van der Waals surface area contributed by atoms with E-state index in [-0.39, 0.29) is 0 Å². The van der Waals surface area contributed by atoms with E-state index in [0.29, 0.717) is 11.8 Å². The fourth-order valence-electron chi connectivity index (χ4n) is 1.88. The van der Waals surface area contributed by atoms with Gasteiger partial charge >= 0.3 is 0 Å². The lowest BCUT2D eigenvalue weighted by Crippen LogP contribution is -2.25. The van der Waals surface area contributed by atoms with Crippen LogP contribution in [-0.2, 0) is 0 Å². The maximum atomic E-state index is 5.91. The van der Waals surface area contributed by atoms with E-state index >= 15 is 0 Å². The first-order valence-electron chi connectivity index (χ1n) is 6.11. The van der Waals surface area contributed by atoms with Crippen LogP contribution in [0.25, 0.3) is 0 Å². The van der Waals surface area contributed by atoms with Crippen LogP contribution in [0.5, 0.6) is 0 Å². The third-order valence-electron chi connectivity index (χ3n) is 2.89. The average Bonchev–Trinajstić information content (AvgIpc) is 2.26. The highest BCUT2D eigenvalue weighted by atomic mass is 35.5. The van der Waals surface area contributed by atoms with Crippen molar-refractivity contribution in [2.24, 2.45) is 5.92 Å². The number of rotatable bonds is 6. The van der Waals surface area contributed by atoms with Crippen LogP contribution >= 0.6 is 11.6 Å². The Balaban J connectivity index is 2.65.